The van der Waals surface area contributed by atoms with Gasteiger partial charge in [-0.3, -0.25) is 4.98 Å². The Kier molecular flexibility index (Phi) is 2.97. The summed E-state index contributed by atoms with van der Waals surface area (Å²) in [6.07, 6.45) is 7.83. The largest absolute Gasteiger partial charge is 0.324 e. The van der Waals surface area contributed by atoms with E-state index in [1.54, 1.807) is 12.4 Å². The molecule has 16 heavy (non-hydrogen) atoms. The monoisotopic (exact) mass is 238 g/mol. The highest BCUT2D eigenvalue weighted by molar-refractivity contribution is 6.31. The van der Waals surface area contributed by atoms with Crippen LogP contribution in [0, 0.1) is 5.41 Å². The van der Waals surface area contributed by atoms with Crippen LogP contribution in [0.1, 0.15) is 38.7 Å². The minimum atomic E-state index is -0.127. The first-order chi connectivity index (χ1) is 7.45. The van der Waals surface area contributed by atoms with Gasteiger partial charge in [-0.05, 0) is 36.3 Å². The number of nitrogens with zero attached hydrogens (tertiary/aromatic N) is 1. The number of halogens is 1. The van der Waals surface area contributed by atoms with Gasteiger partial charge in [-0.1, -0.05) is 31.9 Å². The van der Waals surface area contributed by atoms with Gasteiger partial charge in [-0.2, -0.15) is 0 Å². The first-order valence-electron chi connectivity index (χ1n) is 5.82. The highest BCUT2D eigenvalue weighted by Crippen LogP contribution is 2.46. The molecule has 1 aromatic heterocycles. The molecule has 3 heteroatoms. The lowest BCUT2D eigenvalue weighted by molar-refractivity contribution is 0.207. The molecule has 0 saturated heterocycles. The third-order valence-electron chi connectivity index (χ3n) is 4.13. The van der Waals surface area contributed by atoms with Gasteiger partial charge < -0.3 is 5.73 Å². The molecule has 1 aliphatic rings. The molecule has 2 N–H and O–H groups in total. The van der Waals surface area contributed by atoms with Crippen LogP contribution in [-0.2, 0) is 6.42 Å². The van der Waals surface area contributed by atoms with Crippen LogP contribution in [0.2, 0.25) is 5.02 Å². The SMILES string of the molecule is CC1(C)CCCC1(N)Cc1ccncc1Cl. The third kappa shape index (κ3) is 1.96. The molecule has 1 aromatic rings. The number of nitrogens with two attached hydrogens (primary N) is 1. The maximum absolute atomic E-state index is 6.56. The first-order valence-corrected chi connectivity index (χ1v) is 6.20. The normalized spacial score (nSPS) is 28.2. The van der Waals surface area contributed by atoms with Crippen molar-refractivity contribution in [2.75, 3.05) is 0 Å². The zero-order valence-corrected chi connectivity index (χ0v) is 10.7. The number of aromatic nitrogens is 1. The van der Waals surface area contributed by atoms with Crippen molar-refractivity contribution in [1.29, 1.82) is 0 Å². The Morgan fingerprint density at radius 1 is 1.44 bits per heavy atom. The summed E-state index contributed by atoms with van der Waals surface area (Å²) in [6.45, 7) is 4.52. The fourth-order valence-corrected chi connectivity index (χ4v) is 2.83. The number of rotatable bonds is 2. The van der Waals surface area contributed by atoms with Crippen molar-refractivity contribution in [3.05, 3.63) is 29.0 Å². The van der Waals surface area contributed by atoms with Crippen LogP contribution in [0.3, 0.4) is 0 Å². The number of pyridine rings is 1. The lowest BCUT2D eigenvalue weighted by Crippen LogP contribution is -2.50. The van der Waals surface area contributed by atoms with Crippen molar-refractivity contribution in [3.8, 4) is 0 Å². The smallest absolute Gasteiger partial charge is 0.0621 e. The van der Waals surface area contributed by atoms with Crippen LogP contribution in [0.5, 0.6) is 0 Å². The maximum atomic E-state index is 6.56. The van der Waals surface area contributed by atoms with Gasteiger partial charge in [0.2, 0.25) is 0 Å². The highest BCUT2D eigenvalue weighted by atomic mass is 35.5. The first kappa shape index (κ1) is 11.9. The van der Waals surface area contributed by atoms with Crippen molar-refractivity contribution in [1.82, 2.24) is 4.98 Å². The Bertz CT molecular complexity index is 389. The molecular formula is C13H19ClN2. The second kappa shape index (κ2) is 4.01. The summed E-state index contributed by atoms with van der Waals surface area (Å²) in [5.74, 6) is 0. The lowest BCUT2D eigenvalue weighted by atomic mass is 9.72. The Hall–Kier alpha value is -0.600. The Balaban J connectivity index is 2.25. The Morgan fingerprint density at radius 3 is 2.75 bits per heavy atom. The van der Waals surface area contributed by atoms with E-state index in [2.05, 4.69) is 18.8 Å². The standard InChI is InChI=1S/C13H19ClN2/c1-12(2)5-3-6-13(12,15)8-10-4-7-16-9-11(10)14/h4,7,9H,3,5-6,8,15H2,1-2H3. The van der Waals surface area contributed by atoms with Crippen LogP contribution in [0.4, 0.5) is 0 Å². The van der Waals surface area contributed by atoms with Crippen LogP contribution >= 0.6 is 11.6 Å². The molecular weight excluding hydrogens is 220 g/mol. The predicted octanol–water partition coefficient (Wildman–Crippen LogP) is 3.19. The molecule has 2 rings (SSSR count). The molecule has 0 amide bonds. The average Bonchev–Trinajstić information content (AvgIpc) is 2.45. The van der Waals surface area contributed by atoms with Crippen molar-refractivity contribution >= 4 is 11.6 Å². The number of hydrogen-bond acceptors (Lipinski definition) is 2. The van der Waals surface area contributed by atoms with E-state index < -0.39 is 0 Å². The average molecular weight is 239 g/mol. The van der Waals surface area contributed by atoms with E-state index in [1.807, 2.05) is 6.07 Å². The van der Waals surface area contributed by atoms with Gasteiger partial charge in [0.1, 0.15) is 0 Å². The van der Waals surface area contributed by atoms with E-state index in [-0.39, 0.29) is 11.0 Å². The van der Waals surface area contributed by atoms with Crippen LogP contribution in [0.15, 0.2) is 18.5 Å². The quantitative estimate of drug-likeness (QED) is 0.860. The second-order valence-electron chi connectivity index (χ2n) is 5.54. The molecule has 1 saturated carbocycles. The summed E-state index contributed by atoms with van der Waals surface area (Å²) < 4.78 is 0. The minimum Gasteiger partial charge on any atom is -0.324 e. The second-order valence-corrected chi connectivity index (χ2v) is 5.94. The van der Waals surface area contributed by atoms with Crippen LogP contribution in [-0.4, -0.2) is 10.5 Å². The molecule has 1 unspecified atom stereocenters. The lowest BCUT2D eigenvalue weighted by Gasteiger charge is -2.38. The summed E-state index contributed by atoms with van der Waals surface area (Å²) in [6, 6.07) is 1.98. The van der Waals surface area contributed by atoms with E-state index in [4.69, 9.17) is 17.3 Å². The van der Waals surface area contributed by atoms with Crippen molar-refractivity contribution in [2.45, 2.75) is 45.1 Å². The summed E-state index contributed by atoms with van der Waals surface area (Å²) in [5, 5.41) is 0.732. The molecule has 1 heterocycles. The Labute approximate surface area is 102 Å². The van der Waals surface area contributed by atoms with E-state index in [1.165, 1.54) is 12.8 Å². The van der Waals surface area contributed by atoms with Gasteiger partial charge in [0.15, 0.2) is 0 Å². The molecule has 1 aliphatic carbocycles. The zero-order chi connectivity index (χ0) is 11.8. The summed E-state index contributed by atoms with van der Waals surface area (Å²) >= 11 is 6.14. The topological polar surface area (TPSA) is 38.9 Å². The molecule has 1 atom stereocenters. The van der Waals surface area contributed by atoms with Gasteiger partial charge in [-0.15, -0.1) is 0 Å². The fraction of sp³-hybridized carbons (Fsp3) is 0.615. The van der Waals surface area contributed by atoms with Crippen LogP contribution in [0.25, 0.3) is 0 Å². The van der Waals surface area contributed by atoms with Crippen molar-refractivity contribution < 1.29 is 0 Å². The van der Waals surface area contributed by atoms with E-state index >= 15 is 0 Å². The molecule has 0 bridgehead atoms. The highest BCUT2D eigenvalue weighted by Gasteiger charge is 2.45. The van der Waals surface area contributed by atoms with Crippen LogP contribution < -0.4 is 5.73 Å². The third-order valence-corrected chi connectivity index (χ3v) is 4.48. The van der Waals surface area contributed by atoms with E-state index in [9.17, 15) is 0 Å². The van der Waals surface area contributed by atoms with Gasteiger partial charge >= 0.3 is 0 Å². The predicted molar refractivity (Wildman–Crippen MR) is 67.5 cm³/mol. The van der Waals surface area contributed by atoms with Gasteiger partial charge in [-0.25, -0.2) is 0 Å². The number of hydrogen-bond donors (Lipinski definition) is 1. The van der Waals surface area contributed by atoms with Gasteiger partial charge in [0, 0.05) is 17.9 Å². The Morgan fingerprint density at radius 2 is 2.19 bits per heavy atom. The van der Waals surface area contributed by atoms with Crippen molar-refractivity contribution in [2.24, 2.45) is 11.1 Å². The summed E-state index contributed by atoms with van der Waals surface area (Å²) in [4.78, 5) is 4.01. The van der Waals surface area contributed by atoms with E-state index in [0.29, 0.717) is 0 Å². The van der Waals surface area contributed by atoms with Gasteiger partial charge in [0.25, 0.3) is 0 Å². The molecule has 0 spiro atoms. The fourth-order valence-electron chi connectivity index (χ4n) is 2.65. The molecule has 2 nitrogen and oxygen atoms in total. The molecule has 0 aliphatic heterocycles. The maximum Gasteiger partial charge on any atom is 0.0621 e. The van der Waals surface area contributed by atoms with Crippen molar-refractivity contribution in [3.63, 3.8) is 0 Å². The van der Waals surface area contributed by atoms with Gasteiger partial charge in [0.05, 0.1) is 5.02 Å². The zero-order valence-electron chi connectivity index (χ0n) is 9.96. The van der Waals surface area contributed by atoms with E-state index in [0.717, 1.165) is 23.4 Å². The molecule has 1 fully saturated rings. The molecule has 0 radical (unpaired) electrons. The molecule has 0 aromatic carbocycles. The molecule has 88 valence electrons. The summed E-state index contributed by atoms with van der Waals surface area (Å²) in [7, 11) is 0. The summed E-state index contributed by atoms with van der Waals surface area (Å²) in [5.41, 5.74) is 7.75. The minimum absolute atomic E-state index is 0.127.